The van der Waals surface area contributed by atoms with Gasteiger partial charge in [-0.15, -0.1) is 0 Å². The van der Waals surface area contributed by atoms with Crippen LogP contribution < -0.4 is 35.2 Å². The molecule has 2 fully saturated rings. The fraction of sp³-hybridized carbons (Fsp3) is 0.564. The molecule has 2 amide bonds. The van der Waals surface area contributed by atoms with Gasteiger partial charge in [0.1, 0.15) is 41.0 Å². The summed E-state index contributed by atoms with van der Waals surface area (Å²) < 4.78 is 22.3. The lowest BCUT2D eigenvalue weighted by atomic mass is 10.0. The Morgan fingerprint density at radius 2 is 0.987 bits per heavy atom. The van der Waals surface area contributed by atoms with Gasteiger partial charge >= 0.3 is 29.8 Å². The summed E-state index contributed by atoms with van der Waals surface area (Å²) in [6.07, 6.45) is 6.61. The number of likely N-dealkylation sites (tertiary alicyclic amines) is 2. The molecule has 22 nitrogen and oxygen atoms in total. The number of anilines is 5. The lowest BCUT2D eigenvalue weighted by molar-refractivity contribution is -0.384. The molecular weight excluding hydrogens is 989 g/mol. The van der Waals surface area contributed by atoms with E-state index in [4.69, 9.17) is 23.9 Å². The van der Waals surface area contributed by atoms with Gasteiger partial charge in [0.15, 0.2) is 5.82 Å². The van der Waals surface area contributed by atoms with E-state index in [9.17, 15) is 29.3 Å². The van der Waals surface area contributed by atoms with Crippen LogP contribution in [0.2, 0.25) is 0 Å². The number of nitro groups is 1. The van der Waals surface area contributed by atoms with Crippen LogP contribution in [0, 0.1) is 10.1 Å². The van der Waals surface area contributed by atoms with Crippen LogP contribution in [0.25, 0.3) is 0 Å². The summed E-state index contributed by atoms with van der Waals surface area (Å²) in [5, 5.41) is 21.4. The third-order valence-electron chi connectivity index (χ3n) is 12.1. The minimum absolute atomic E-state index is 0.0704. The molecule has 0 spiro atoms. The number of benzene rings is 2. The van der Waals surface area contributed by atoms with Crippen molar-refractivity contribution in [3.63, 3.8) is 0 Å². The van der Waals surface area contributed by atoms with Crippen molar-refractivity contribution in [3.8, 4) is 11.5 Å². The number of aromatic nitrogens is 4. The molecule has 2 aliphatic rings. The van der Waals surface area contributed by atoms with Crippen LogP contribution >= 0.6 is 0 Å². The summed E-state index contributed by atoms with van der Waals surface area (Å²) in [5.41, 5.74) is 0.555. The third-order valence-corrected chi connectivity index (χ3v) is 12.1. The first-order valence-corrected chi connectivity index (χ1v) is 26.7. The summed E-state index contributed by atoms with van der Waals surface area (Å²) in [7, 11) is 0. The van der Waals surface area contributed by atoms with Crippen molar-refractivity contribution in [1.82, 2.24) is 29.7 Å². The van der Waals surface area contributed by atoms with E-state index in [1.807, 2.05) is 65.5 Å². The molecule has 0 aliphatic carbocycles. The molecule has 0 bridgehead atoms. The second kappa shape index (κ2) is 28.0. The summed E-state index contributed by atoms with van der Waals surface area (Å²) in [4.78, 5) is 87.4. The Kier molecular flexibility index (Phi) is 22.0. The third kappa shape index (κ3) is 18.9. The number of carbonyl (C=O) groups excluding carboxylic acids is 4. The second-order valence-electron chi connectivity index (χ2n) is 21.0. The Hall–Kier alpha value is -7.52. The number of nitrogens with zero attached hydrogens (tertiary/aromatic N) is 9. The zero-order chi connectivity index (χ0) is 56.5. The summed E-state index contributed by atoms with van der Waals surface area (Å²) in [6.45, 7) is 28.4. The van der Waals surface area contributed by atoms with Gasteiger partial charge in [0.2, 0.25) is 17.7 Å². The highest BCUT2D eigenvalue weighted by molar-refractivity contribution is 5.82. The number of carbonyl (C=O) groups is 4. The Balaban J connectivity index is 0.000000284. The SMILES string of the molecule is CCN(CC)c1ncc(NC(C)C)c(N[C@@H](Cc2ccc(OC(=O)N3CCCC3)cc2)C(=O)OC(C)(C)C)n1.CCN(CC)c1ncc([N+](=O)[O-])c(N[C@@H](Cc2ccc(OC(=O)N3CCCC3)cc2)C(=O)OC(C)(C)C)n1. The normalized spacial score (nSPS) is 14.1. The van der Waals surface area contributed by atoms with Crippen molar-refractivity contribution in [1.29, 1.82) is 0 Å². The molecule has 2 saturated heterocycles. The molecule has 2 aliphatic heterocycles. The molecule has 4 aromatic rings. The maximum absolute atomic E-state index is 13.4. The molecule has 420 valence electrons. The lowest BCUT2D eigenvalue weighted by Gasteiger charge is -2.27. The van der Waals surface area contributed by atoms with Gasteiger partial charge in [0.05, 0.1) is 16.8 Å². The van der Waals surface area contributed by atoms with Crippen molar-refractivity contribution in [2.75, 3.05) is 78.1 Å². The molecule has 0 radical (unpaired) electrons. The molecule has 0 saturated carbocycles. The van der Waals surface area contributed by atoms with Crippen molar-refractivity contribution in [2.24, 2.45) is 0 Å². The second-order valence-corrected chi connectivity index (χ2v) is 21.0. The maximum Gasteiger partial charge on any atom is 0.415 e. The van der Waals surface area contributed by atoms with E-state index >= 15 is 0 Å². The number of hydrogen-bond acceptors (Lipinski definition) is 19. The van der Waals surface area contributed by atoms with Crippen LogP contribution in [-0.4, -0.2) is 140 Å². The maximum atomic E-state index is 13.4. The van der Waals surface area contributed by atoms with Gasteiger partial charge in [-0.2, -0.15) is 9.97 Å². The van der Waals surface area contributed by atoms with Crippen LogP contribution in [0.1, 0.15) is 120 Å². The molecule has 2 atom stereocenters. The molecule has 3 N–H and O–H groups in total. The van der Waals surface area contributed by atoms with E-state index in [-0.39, 0.29) is 42.1 Å². The van der Waals surface area contributed by atoms with Crippen molar-refractivity contribution < 1.29 is 43.0 Å². The average molecular weight is 1070 g/mol. The highest BCUT2D eigenvalue weighted by Gasteiger charge is 2.31. The Morgan fingerprint density at radius 1 is 0.610 bits per heavy atom. The smallest absolute Gasteiger partial charge is 0.415 e. The van der Waals surface area contributed by atoms with Crippen LogP contribution in [-0.2, 0) is 31.9 Å². The van der Waals surface area contributed by atoms with Crippen LogP contribution in [0.4, 0.5) is 44.5 Å². The van der Waals surface area contributed by atoms with Gasteiger partial charge in [0.25, 0.3) is 0 Å². The van der Waals surface area contributed by atoms with Crippen molar-refractivity contribution in [2.45, 2.75) is 151 Å². The zero-order valence-electron chi connectivity index (χ0n) is 47.0. The highest BCUT2D eigenvalue weighted by atomic mass is 16.6. The number of amides is 2. The number of esters is 2. The van der Waals surface area contributed by atoms with E-state index in [2.05, 4.69) is 49.6 Å². The van der Waals surface area contributed by atoms with Gasteiger partial charge in [-0.3, -0.25) is 10.1 Å². The molecule has 4 heterocycles. The van der Waals surface area contributed by atoms with E-state index in [0.29, 0.717) is 67.5 Å². The summed E-state index contributed by atoms with van der Waals surface area (Å²) in [6, 6.07) is 12.5. The van der Waals surface area contributed by atoms with Gasteiger partial charge in [-0.25, -0.2) is 29.1 Å². The van der Waals surface area contributed by atoms with Gasteiger partial charge < -0.3 is 54.5 Å². The van der Waals surface area contributed by atoms with Crippen LogP contribution in [0.5, 0.6) is 11.5 Å². The fourth-order valence-corrected chi connectivity index (χ4v) is 8.27. The van der Waals surface area contributed by atoms with Gasteiger partial charge in [-0.1, -0.05) is 24.3 Å². The Morgan fingerprint density at radius 3 is 1.35 bits per heavy atom. The van der Waals surface area contributed by atoms with E-state index in [1.165, 1.54) is 0 Å². The minimum Gasteiger partial charge on any atom is -0.458 e. The van der Waals surface area contributed by atoms with E-state index in [1.54, 1.807) is 73.2 Å². The standard InChI is InChI=1S/C29H44N6O4.C26H36N6O6/c1-8-34(9-2)27-30-19-24(31-20(3)4)25(33-27)32-23(26(36)39-29(5,6)7)18-21-12-14-22(15-13-21)38-28(37)35-16-10-11-17-35;1-6-30(7-2)24-27-17-21(32(35)36)22(29-24)28-20(23(33)38-26(3,4)5)16-18-10-12-19(13-11-18)37-25(34)31-14-8-9-15-31/h12-15,19-20,23,31H,8-11,16-18H2,1-7H3,(H,30,32,33);10-13,17,20H,6-9,14-16H2,1-5H3,(H,27,28,29)/t23-;20-/m00/s1. The molecule has 22 heteroatoms. The molecular formula is C55H80N12O10. The van der Waals surface area contributed by atoms with Gasteiger partial charge in [0, 0.05) is 71.2 Å². The number of rotatable bonds is 21. The van der Waals surface area contributed by atoms with Gasteiger partial charge in [-0.05, 0) is 144 Å². The molecule has 2 aromatic carbocycles. The summed E-state index contributed by atoms with van der Waals surface area (Å²) in [5.74, 6) is 1.26. The largest absolute Gasteiger partial charge is 0.458 e. The summed E-state index contributed by atoms with van der Waals surface area (Å²) >= 11 is 0. The number of hydrogen-bond donors (Lipinski definition) is 3. The average Bonchev–Trinajstić information content (AvgIpc) is 4.13. The van der Waals surface area contributed by atoms with Crippen molar-refractivity contribution in [3.05, 3.63) is 82.2 Å². The molecule has 0 unspecified atom stereocenters. The molecule has 77 heavy (non-hydrogen) atoms. The Bertz CT molecular complexity index is 2570. The monoisotopic (exact) mass is 1070 g/mol. The van der Waals surface area contributed by atoms with E-state index in [0.717, 1.165) is 69.2 Å². The van der Waals surface area contributed by atoms with Crippen LogP contribution in [0.3, 0.4) is 0 Å². The number of ether oxygens (including phenoxy) is 4. The first-order chi connectivity index (χ1) is 36.5. The minimum atomic E-state index is -0.981. The molecule has 2 aromatic heterocycles. The number of nitrogens with one attached hydrogen (secondary N) is 3. The zero-order valence-corrected chi connectivity index (χ0v) is 47.0. The quantitative estimate of drug-likeness (QED) is 0.0399. The Labute approximate surface area is 453 Å². The predicted octanol–water partition coefficient (Wildman–Crippen LogP) is 9.29. The van der Waals surface area contributed by atoms with E-state index < -0.39 is 34.2 Å². The first kappa shape index (κ1) is 60.3. The molecule has 6 rings (SSSR count). The highest BCUT2D eigenvalue weighted by Crippen LogP contribution is 2.28. The topological polar surface area (TPSA) is 249 Å². The lowest BCUT2D eigenvalue weighted by Crippen LogP contribution is -2.38. The van der Waals surface area contributed by atoms with Crippen molar-refractivity contribution >= 4 is 59.0 Å². The first-order valence-electron chi connectivity index (χ1n) is 26.7. The predicted molar refractivity (Wildman–Crippen MR) is 297 cm³/mol. The van der Waals surface area contributed by atoms with Crippen LogP contribution in [0.15, 0.2) is 60.9 Å². The fourth-order valence-electron chi connectivity index (χ4n) is 8.27.